The molecule has 0 aromatic heterocycles. The highest BCUT2D eigenvalue weighted by molar-refractivity contribution is 6.37. The minimum atomic E-state index is -1.10. The van der Waals surface area contributed by atoms with E-state index in [0.717, 1.165) is 12.0 Å². The van der Waals surface area contributed by atoms with Gasteiger partial charge in [-0.2, -0.15) is 0 Å². The Bertz CT molecular complexity index is 988. The first-order chi connectivity index (χ1) is 17.6. The Hall–Kier alpha value is -2.06. The van der Waals surface area contributed by atoms with E-state index in [1.165, 1.54) is 0 Å². The average molecular weight is 555 g/mol. The van der Waals surface area contributed by atoms with Crippen molar-refractivity contribution in [3.63, 3.8) is 0 Å². The number of allylic oxidation sites excluding steroid dienone is 3. The first-order valence-electron chi connectivity index (χ1n) is 12.9. The van der Waals surface area contributed by atoms with E-state index in [9.17, 15) is 19.8 Å². The summed E-state index contributed by atoms with van der Waals surface area (Å²) in [6, 6.07) is 5.00. The number of halogens is 2. The number of fused-ring (bicyclic) bond motifs is 1. The van der Waals surface area contributed by atoms with Gasteiger partial charge in [-0.05, 0) is 68.1 Å². The first kappa shape index (κ1) is 29.5. The predicted molar refractivity (Wildman–Crippen MR) is 142 cm³/mol. The lowest BCUT2D eigenvalue weighted by atomic mass is 9.66. The van der Waals surface area contributed by atoms with Gasteiger partial charge in [0.2, 0.25) is 0 Å². The van der Waals surface area contributed by atoms with E-state index < -0.39 is 36.7 Å². The van der Waals surface area contributed by atoms with Crippen LogP contribution in [0, 0.1) is 17.8 Å². The summed E-state index contributed by atoms with van der Waals surface area (Å²) in [6.07, 6.45) is 5.81. The van der Waals surface area contributed by atoms with Gasteiger partial charge in [-0.1, -0.05) is 61.3 Å². The van der Waals surface area contributed by atoms with E-state index in [0.29, 0.717) is 35.7 Å². The third-order valence-electron chi connectivity index (χ3n) is 7.21. The molecule has 9 heteroatoms. The van der Waals surface area contributed by atoms with Crippen molar-refractivity contribution in [2.75, 3.05) is 0 Å². The lowest BCUT2D eigenvalue weighted by molar-refractivity contribution is -0.162. The van der Waals surface area contributed by atoms with Crippen LogP contribution in [0.3, 0.4) is 0 Å². The van der Waals surface area contributed by atoms with Crippen LogP contribution in [0.15, 0.2) is 42.0 Å². The standard InChI is InChI=1S/C28H36Cl2O7/c1-3-23(36-27-21(29)7-5-8-22(27)30)28(35)37-24-9-4-6-17-11-10-16(2)20(26(17)24)13-12-18(31)14-19(32)15-25(33)34/h5-8,10-11,16,18-20,23-24,26,31-32H,3-4,9,12-15H2,1-2H3,(H,33,34). The lowest BCUT2D eigenvalue weighted by Crippen LogP contribution is -2.42. The number of carboxylic acid groups (broad SMARTS) is 1. The molecule has 2 aliphatic rings. The summed E-state index contributed by atoms with van der Waals surface area (Å²) in [7, 11) is 0. The Balaban J connectivity index is 1.69. The van der Waals surface area contributed by atoms with Gasteiger partial charge >= 0.3 is 11.9 Å². The van der Waals surface area contributed by atoms with Gasteiger partial charge in [-0.25, -0.2) is 4.79 Å². The molecular weight excluding hydrogens is 519 g/mol. The number of esters is 1. The fraction of sp³-hybridized carbons (Fsp3) is 0.571. The number of ether oxygens (including phenoxy) is 2. The van der Waals surface area contributed by atoms with E-state index in [1.54, 1.807) is 18.2 Å². The second kappa shape index (κ2) is 13.7. The third-order valence-corrected chi connectivity index (χ3v) is 7.81. The van der Waals surface area contributed by atoms with Gasteiger partial charge in [-0.3, -0.25) is 4.79 Å². The molecule has 37 heavy (non-hydrogen) atoms. The predicted octanol–water partition coefficient (Wildman–Crippen LogP) is 5.59. The quantitative estimate of drug-likeness (QED) is 0.288. The normalized spacial score (nSPS) is 25.4. The highest BCUT2D eigenvalue weighted by Gasteiger charge is 2.41. The Labute approximate surface area is 228 Å². The SMILES string of the molecule is CCC(Oc1c(Cl)cccc1Cl)C(=O)OC1CCC=C2C=CC(C)C(CCC(O)CC(O)CC(=O)O)C21. The molecule has 0 spiro atoms. The van der Waals surface area contributed by atoms with Crippen molar-refractivity contribution in [2.45, 2.75) is 83.2 Å². The molecule has 0 radical (unpaired) electrons. The summed E-state index contributed by atoms with van der Waals surface area (Å²) < 4.78 is 12.0. The molecule has 0 saturated carbocycles. The molecular formula is C28H36Cl2O7. The first-order valence-corrected chi connectivity index (χ1v) is 13.6. The minimum absolute atomic E-state index is 0.00907. The zero-order chi connectivity index (χ0) is 27.1. The highest BCUT2D eigenvalue weighted by Crippen LogP contribution is 2.44. The van der Waals surface area contributed by atoms with E-state index in [-0.39, 0.29) is 36.0 Å². The number of aliphatic hydroxyl groups is 2. The number of carboxylic acids is 1. The third kappa shape index (κ3) is 7.96. The number of hydrogen-bond donors (Lipinski definition) is 3. The smallest absolute Gasteiger partial charge is 0.347 e. The molecule has 7 unspecified atom stereocenters. The molecule has 3 N–H and O–H groups in total. The summed E-state index contributed by atoms with van der Waals surface area (Å²) >= 11 is 12.5. The summed E-state index contributed by atoms with van der Waals surface area (Å²) in [5.41, 5.74) is 1.12. The maximum atomic E-state index is 13.2. The van der Waals surface area contributed by atoms with E-state index in [4.69, 9.17) is 37.8 Å². The summed E-state index contributed by atoms with van der Waals surface area (Å²) in [6.45, 7) is 3.94. The number of carbonyl (C=O) groups is 2. The molecule has 7 atom stereocenters. The average Bonchev–Trinajstić information content (AvgIpc) is 2.83. The van der Waals surface area contributed by atoms with Crippen molar-refractivity contribution < 1.29 is 34.4 Å². The van der Waals surface area contributed by atoms with Crippen LogP contribution in [0.4, 0.5) is 0 Å². The Morgan fingerprint density at radius 2 is 1.86 bits per heavy atom. The zero-order valence-electron chi connectivity index (χ0n) is 21.2. The molecule has 204 valence electrons. The molecule has 0 aliphatic heterocycles. The molecule has 7 nitrogen and oxygen atoms in total. The molecule has 0 saturated heterocycles. The summed E-state index contributed by atoms with van der Waals surface area (Å²) in [5, 5.41) is 29.8. The van der Waals surface area contributed by atoms with E-state index in [2.05, 4.69) is 25.2 Å². The fourth-order valence-electron chi connectivity index (χ4n) is 5.32. The van der Waals surface area contributed by atoms with Gasteiger partial charge in [-0.15, -0.1) is 0 Å². The van der Waals surface area contributed by atoms with Crippen molar-refractivity contribution >= 4 is 35.1 Å². The van der Waals surface area contributed by atoms with Crippen LogP contribution < -0.4 is 4.74 Å². The highest BCUT2D eigenvalue weighted by atomic mass is 35.5. The number of rotatable bonds is 12. The molecule has 0 heterocycles. The Morgan fingerprint density at radius 3 is 2.51 bits per heavy atom. The van der Waals surface area contributed by atoms with Crippen molar-refractivity contribution in [3.05, 3.63) is 52.0 Å². The number of benzene rings is 1. The zero-order valence-corrected chi connectivity index (χ0v) is 22.7. The van der Waals surface area contributed by atoms with Crippen molar-refractivity contribution in [2.24, 2.45) is 17.8 Å². The van der Waals surface area contributed by atoms with Gasteiger partial charge in [0.1, 0.15) is 6.10 Å². The number of hydrogen-bond acceptors (Lipinski definition) is 6. The molecule has 1 aromatic carbocycles. The van der Waals surface area contributed by atoms with Crippen LogP contribution in [0.2, 0.25) is 10.0 Å². The molecule has 0 fully saturated rings. The van der Waals surface area contributed by atoms with E-state index >= 15 is 0 Å². The molecule has 0 bridgehead atoms. The molecule has 2 aliphatic carbocycles. The summed E-state index contributed by atoms with van der Waals surface area (Å²) in [5.74, 6) is -1.04. The van der Waals surface area contributed by atoms with Crippen LogP contribution in [0.5, 0.6) is 5.75 Å². The Morgan fingerprint density at radius 1 is 1.16 bits per heavy atom. The number of carbonyl (C=O) groups excluding carboxylic acids is 1. The van der Waals surface area contributed by atoms with Gasteiger partial charge in [0.15, 0.2) is 11.9 Å². The van der Waals surface area contributed by atoms with Crippen LogP contribution in [0.1, 0.15) is 58.8 Å². The molecule has 1 aromatic rings. The maximum absolute atomic E-state index is 13.2. The summed E-state index contributed by atoms with van der Waals surface area (Å²) in [4.78, 5) is 24.0. The Kier molecular flexibility index (Phi) is 10.9. The van der Waals surface area contributed by atoms with Gasteiger partial charge < -0.3 is 24.8 Å². The van der Waals surface area contributed by atoms with Crippen LogP contribution in [-0.4, -0.2) is 51.7 Å². The fourth-order valence-corrected chi connectivity index (χ4v) is 5.80. The largest absolute Gasteiger partial charge is 0.481 e. The monoisotopic (exact) mass is 554 g/mol. The lowest BCUT2D eigenvalue weighted by Gasteiger charge is -2.42. The van der Waals surface area contributed by atoms with Crippen LogP contribution in [0.25, 0.3) is 0 Å². The number of aliphatic carboxylic acids is 1. The van der Waals surface area contributed by atoms with Gasteiger partial charge in [0.05, 0.1) is 28.7 Å². The number of aliphatic hydroxyl groups excluding tert-OH is 2. The van der Waals surface area contributed by atoms with E-state index in [1.807, 2.05) is 6.92 Å². The number of para-hydroxylation sites is 1. The van der Waals surface area contributed by atoms with Crippen molar-refractivity contribution in [3.8, 4) is 5.75 Å². The molecule has 3 rings (SSSR count). The second-order valence-corrected chi connectivity index (χ2v) is 10.8. The van der Waals surface area contributed by atoms with Crippen LogP contribution in [-0.2, 0) is 14.3 Å². The minimum Gasteiger partial charge on any atom is -0.481 e. The molecule has 0 amide bonds. The topological polar surface area (TPSA) is 113 Å². The van der Waals surface area contributed by atoms with Crippen molar-refractivity contribution in [1.29, 1.82) is 0 Å². The van der Waals surface area contributed by atoms with Gasteiger partial charge in [0, 0.05) is 5.92 Å². The maximum Gasteiger partial charge on any atom is 0.347 e. The van der Waals surface area contributed by atoms with Crippen LogP contribution >= 0.6 is 23.2 Å². The van der Waals surface area contributed by atoms with Crippen molar-refractivity contribution in [1.82, 2.24) is 0 Å². The van der Waals surface area contributed by atoms with Gasteiger partial charge in [0.25, 0.3) is 0 Å². The second-order valence-electron chi connectivity index (χ2n) is 9.95.